The number of hydrogen-bond acceptors (Lipinski definition) is 4. The van der Waals surface area contributed by atoms with Crippen LogP contribution in [0.3, 0.4) is 0 Å². The first-order chi connectivity index (χ1) is 15.9. The third kappa shape index (κ3) is 4.98. The van der Waals surface area contributed by atoms with Gasteiger partial charge in [0.15, 0.2) is 0 Å². The Morgan fingerprint density at radius 2 is 1.50 bits per heavy atom. The summed E-state index contributed by atoms with van der Waals surface area (Å²) in [6, 6.07) is 18.9. The highest BCUT2D eigenvalue weighted by Gasteiger charge is 2.52. The van der Waals surface area contributed by atoms with Crippen LogP contribution in [0, 0.1) is 0 Å². The molecular formula is C28H34BNO4. The highest BCUT2D eigenvalue weighted by molar-refractivity contribution is 6.56. The number of benzene rings is 3. The molecule has 0 radical (unpaired) electrons. The summed E-state index contributed by atoms with van der Waals surface area (Å²) in [4.78, 5) is 12.4. The summed E-state index contributed by atoms with van der Waals surface area (Å²) in [6.07, 6.45) is 1.60. The normalized spacial score (nSPS) is 17.9. The smallest absolute Gasteiger partial charge is 0.444 e. The maximum Gasteiger partial charge on any atom is 0.492 e. The van der Waals surface area contributed by atoms with Crippen molar-refractivity contribution >= 4 is 40.8 Å². The van der Waals surface area contributed by atoms with Crippen LogP contribution in [0.25, 0.3) is 27.6 Å². The monoisotopic (exact) mass is 459 g/mol. The minimum absolute atomic E-state index is 0.243. The largest absolute Gasteiger partial charge is 0.492 e. The molecule has 0 atom stereocenters. The maximum absolute atomic E-state index is 12.4. The summed E-state index contributed by atoms with van der Waals surface area (Å²) in [5.74, 6) is 0. The minimum Gasteiger partial charge on any atom is -0.444 e. The second-order valence-electron chi connectivity index (χ2n) is 10.9. The van der Waals surface area contributed by atoms with Crippen LogP contribution < -0.4 is 5.32 Å². The fraction of sp³-hybridized carbons (Fsp3) is 0.393. The fourth-order valence-corrected chi connectivity index (χ4v) is 4.09. The topological polar surface area (TPSA) is 56.8 Å². The summed E-state index contributed by atoms with van der Waals surface area (Å²) in [6.45, 7) is 13.9. The Kier molecular flexibility index (Phi) is 6.26. The van der Waals surface area contributed by atoms with E-state index in [9.17, 15) is 4.79 Å². The van der Waals surface area contributed by atoms with Crippen molar-refractivity contribution in [2.45, 2.75) is 65.3 Å². The molecule has 4 rings (SSSR count). The van der Waals surface area contributed by atoms with Crippen LogP contribution in [0.15, 0.2) is 60.1 Å². The molecule has 0 spiro atoms. The number of hydrogen-bond donors (Lipinski definition) is 1. The van der Waals surface area contributed by atoms with Gasteiger partial charge in [-0.25, -0.2) is 4.79 Å². The number of fused-ring (bicyclic) bond motifs is 3. The molecule has 178 valence electrons. The molecule has 3 aromatic rings. The molecule has 1 aliphatic heterocycles. The third-order valence-electron chi connectivity index (χ3n) is 6.53. The predicted molar refractivity (Wildman–Crippen MR) is 140 cm³/mol. The number of amides is 1. The first-order valence-corrected chi connectivity index (χ1v) is 11.8. The van der Waals surface area contributed by atoms with Gasteiger partial charge in [0.25, 0.3) is 0 Å². The van der Waals surface area contributed by atoms with Crippen molar-refractivity contribution in [3.05, 3.63) is 65.6 Å². The van der Waals surface area contributed by atoms with Gasteiger partial charge in [-0.1, -0.05) is 54.6 Å². The zero-order valence-electron chi connectivity index (χ0n) is 21.2. The first kappa shape index (κ1) is 24.3. The van der Waals surface area contributed by atoms with Crippen molar-refractivity contribution in [1.82, 2.24) is 5.32 Å². The molecule has 1 saturated heterocycles. The first-order valence-electron chi connectivity index (χ1n) is 11.8. The van der Waals surface area contributed by atoms with E-state index in [1.807, 2.05) is 60.6 Å². The molecular weight excluding hydrogens is 425 g/mol. The summed E-state index contributed by atoms with van der Waals surface area (Å²) >= 11 is 0. The lowest BCUT2D eigenvalue weighted by atomic mass is 9.76. The Hall–Kier alpha value is -2.83. The lowest BCUT2D eigenvalue weighted by molar-refractivity contribution is 0.00578. The number of nitrogens with one attached hydrogen (secondary N) is 1. The van der Waals surface area contributed by atoms with Crippen molar-refractivity contribution in [2.75, 3.05) is 6.54 Å². The second kappa shape index (κ2) is 8.75. The fourth-order valence-electron chi connectivity index (χ4n) is 4.09. The van der Waals surface area contributed by atoms with Gasteiger partial charge in [-0.2, -0.15) is 0 Å². The van der Waals surface area contributed by atoms with Crippen molar-refractivity contribution < 1.29 is 18.8 Å². The minimum atomic E-state index is -0.592. The van der Waals surface area contributed by atoms with E-state index in [1.165, 1.54) is 10.8 Å². The maximum atomic E-state index is 12.4. The molecule has 34 heavy (non-hydrogen) atoms. The van der Waals surface area contributed by atoms with Crippen molar-refractivity contribution in [3.63, 3.8) is 0 Å². The SMILES string of the molecule is CC(C)(C)OC(=O)NCC(=Cc1cc2ccccc2c2ccccc12)B1OC(C)(C)C(C)(C)O1. The second-order valence-corrected chi connectivity index (χ2v) is 10.9. The van der Waals surface area contributed by atoms with E-state index in [4.69, 9.17) is 14.0 Å². The van der Waals surface area contributed by atoms with Crippen molar-refractivity contribution in [2.24, 2.45) is 0 Å². The molecule has 0 bridgehead atoms. The van der Waals surface area contributed by atoms with Gasteiger partial charge in [-0.05, 0) is 87.1 Å². The van der Waals surface area contributed by atoms with E-state index >= 15 is 0 Å². The van der Waals surface area contributed by atoms with Crippen LogP contribution in [-0.4, -0.2) is 36.6 Å². The van der Waals surface area contributed by atoms with E-state index < -0.39 is 30.0 Å². The Morgan fingerprint density at radius 1 is 0.941 bits per heavy atom. The zero-order chi connectivity index (χ0) is 24.7. The predicted octanol–water partition coefficient (Wildman–Crippen LogP) is 6.53. The molecule has 0 aliphatic carbocycles. The lowest BCUT2D eigenvalue weighted by Crippen LogP contribution is -2.41. The molecule has 1 N–H and O–H groups in total. The van der Waals surface area contributed by atoms with Crippen LogP contribution >= 0.6 is 0 Å². The van der Waals surface area contributed by atoms with Gasteiger partial charge in [-0.3, -0.25) is 0 Å². The number of ether oxygens (including phenoxy) is 1. The van der Waals surface area contributed by atoms with Gasteiger partial charge in [0.2, 0.25) is 0 Å². The van der Waals surface area contributed by atoms with E-state index in [1.54, 1.807) is 0 Å². The van der Waals surface area contributed by atoms with Gasteiger partial charge in [0.1, 0.15) is 5.60 Å². The Morgan fingerprint density at radius 3 is 2.12 bits per heavy atom. The molecule has 0 saturated carbocycles. The standard InChI is InChI=1S/C28H34BNO4/c1-26(2,3)32-25(31)30-18-21(29-33-27(4,5)28(6,7)34-29)17-20-16-19-12-8-9-13-22(19)24-15-11-10-14-23(20)24/h8-17H,18H2,1-7H3,(H,30,31). The summed E-state index contributed by atoms with van der Waals surface area (Å²) in [5, 5.41) is 7.56. The number of carbonyl (C=O) groups is 1. The molecule has 1 heterocycles. The van der Waals surface area contributed by atoms with Crippen molar-refractivity contribution in [3.8, 4) is 0 Å². The quantitative estimate of drug-likeness (QED) is 0.356. The molecule has 0 unspecified atom stereocenters. The average molecular weight is 459 g/mol. The average Bonchev–Trinajstić information content (AvgIpc) is 2.96. The highest BCUT2D eigenvalue weighted by atomic mass is 16.7. The molecule has 3 aromatic carbocycles. The summed E-state index contributed by atoms with van der Waals surface area (Å²) in [5.41, 5.74) is 0.310. The van der Waals surface area contributed by atoms with E-state index in [0.29, 0.717) is 0 Å². The van der Waals surface area contributed by atoms with Gasteiger partial charge in [0.05, 0.1) is 11.2 Å². The molecule has 1 aliphatic rings. The molecule has 1 amide bonds. The lowest BCUT2D eigenvalue weighted by Gasteiger charge is -2.32. The van der Waals surface area contributed by atoms with E-state index in [-0.39, 0.29) is 6.54 Å². The van der Waals surface area contributed by atoms with E-state index in [2.05, 4.69) is 53.9 Å². The Bertz CT molecular complexity index is 1240. The Labute approximate surface area is 202 Å². The molecule has 1 fully saturated rings. The summed E-state index contributed by atoms with van der Waals surface area (Å²) < 4.78 is 18.1. The van der Waals surface area contributed by atoms with Gasteiger partial charge in [0, 0.05) is 6.54 Å². The van der Waals surface area contributed by atoms with Crippen LogP contribution in [0.5, 0.6) is 0 Å². The third-order valence-corrected chi connectivity index (χ3v) is 6.53. The van der Waals surface area contributed by atoms with Crippen LogP contribution in [0.1, 0.15) is 54.0 Å². The zero-order valence-corrected chi connectivity index (χ0v) is 21.2. The van der Waals surface area contributed by atoms with Gasteiger partial charge < -0.3 is 19.4 Å². The summed E-state index contributed by atoms with van der Waals surface area (Å²) in [7, 11) is -0.592. The number of carbonyl (C=O) groups excluding carboxylic acids is 1. The number of rotatable bonds is 4. The Balaban J connectivity index is 1.77. The molecule has 6 heteroatoms. The van der Waals surface area contributed by atoms with Gasteiger partial charge in [-0.15, -0.1) is 0 Å². The van der Waals surface area contributed by atoms with Crippen molar-refractivity contribution in [1.29, 1.82) is 0 Å². The highest BCUT2D eigenvalue weighted by Crippen LogP contribution is 2.39. The van der Waals surface area contributed by atoms with Crippen LogP contribution in [-0.2, 0) is 14.0 Å². The molecule has 0 aromatic heterocycles. The van der Waals surface area contributed by atoms with Gasteiger partial charge >= 0.3 is 13.2 Å². The van der Waals surface area contributed by atoms with Crippen LogP contribution in [0.2, 0.25) is 0 Å². The molecule has 5 nitrogen and oxygen atoms in total. The van der Waals surface area contributed by atoms with E-state index in [0.717, 1.165) is 21.8 Å². The van der Waals surface area contributed by atoms with Crippen LogP contribution in [0.4, 0.5) is 4.79 Å². The number of alkyl carbamates (subject to hydrolysis) is 1.